The van der Waals surface area contributed by atoms with Crippen LogP contribution in [0.25, 0.3) is 0 Å². The van der Waals surface area contributed by atoms with Crippen molar-refractivity contribution in [3.05, 3.63) is 35.4 Å². The van der Waals surface area contributed by atoms with Crippen LogP contribution in [0.1, 0.15) is 70.3 Å². The number of esters is 1. The van der Waals surface area contributed by atoms with Crippen LogP contribution in [-0.2, 0) is 20.8 Å². The van der Waals surface area contributed by atoms with Crippen LogP contribution in [0.4, 0.5) is 4.79 Å². The first-order chi connectivity index (χ1) is 13.0. The van der Waals surface area contributed by atoms with Gasteiger partial charge in [-0.1, -0.05) is 19.1 Å². The van der Waals surface area contributed by atoms with E-state index in [0.29, 0.717) is 12.0 Å². The molecule has 1 unspecified atom stereocenters. The van der Waals surface area contributed by atoms with Gasteiger partial charge in [0.1, 0.15) is 5.60 Å². The van der Waals surface area contributed by atoms with Gasteiger partial charge in [0, 0.05) is 12.5 Å². The number of ether oxygens (including phenoxy) is 1. The minimum Gasteiger partial charge on any atom is -0.456 e. The average molecular weight is 392 g/mol. The lowest BCUT2D eigenvalue weighted by Crippen LogP contribution is -2.36. The van der Waals surface area contributed by atoms with Crippen molar-refractivity contribution < 1.29 is 24.0 Å². The van der Waals surface area contributed by atoms with Gasteiger partial charge >= 0.3 is 12.1 Å². The van der Waals surface area contributed by atoms with Gasteiger partial charge in [0.2, 0.25) is 0 Å². The Bertz CT molecular complexity index is 680. The molecule has 0 saturated heterocycles. The van der Waals surface area contributed by atoms with Gasteiger partial charge in [-0.3, -0.25) is 4.79 Å². The molecule has 0 bridgehead atoms. The lowest BCUT2D eigenvalue weighted by molar-refractivity contribution is -0.129. The Hall–Kier alpha value is -2.57. The molecule has 0 saturated carbocycles. The number of carbonyl (C=O) groups excluding carboxylic acids is 3. The van der Waals surface area contributed by atoms with E-state index in [0.717, 1.165) is 12.0 Å². The molecule has 0 radical (unpaired) electrons. The summed E-state index contributed by atoms with van der Waals surface area (Å²) >= 11 is 0. The summed E-state index contributed by atoms with van der Waals surface area (Å²) in [5.74, 6) is -0.490. The van der Waals surface area contributed by atoms with Crippen LogP contribution in [-0.4, -0.2) is 29.6 Å². The lowest BCUT2D eigenvalue weighted by atomic mass is 9.95. The number of hydrogen-bond acceptors (Lipinski definition) is 5. The predicted molar refractivity (Wildman–Crippen MR) is 107 cm³/mol. The fourth-order valence-electron chi connectivity index (χ4n) is 2.46. The summed E-state index contributed by atoms with van der Waals surface area (Å²) in [5.41, 5.74) is 3.12. The Morgan fingerprint density at radius 3 is 2.39 bits per heavy atom. The van der Waals surface area contributed by atoms with E-state index < -0.39 is 11.7 Å². The van der Waals surface area contributed by atoms with Crippen LogP contribution in [0, 0.1) is 5.92 Å². The third kappa shape index (κ3) is 9.94. The van der Waals surface area contributed by atoms with E-state index in [1.807, 2.05) is 45.9 Å². The molecule has 0 aromatic heterocycles. The summed E-state index contributed by atoms with van der Waals surface area (Å²) in [6.07, 6.45) is 0.897. The topological polar surface area (TPSA) is 93.7 Å². The molecule has 1 rings (SSSR count). The van der Waals surface area contributed by atoms with Crippen molar-refractivity contribution in [1.82, 2.24) is 10.8 Å². The second-order valence-corrected chi connectivity index (χ2v) is 8.26. The van der Waals surface area contributed by atoms with Gasteiger partial charge in [-0.2, -0.15) is 5.48 Å². The quantitative estimate of drug-likeness (QED) is 0.544. The molecule has 0 aliphatic rings. The number of benzene rings is 1. The van der Waals surface area contributed by atoms with E-state index in [1.165, 1.54) is 0 Å². The van der Waals surface area contributed by atoms with Crippen molar-refractivity contribution >= 4 is 18.0 Å². The van der Waals surface area contributed by atoms with Crippen LogP contribution >= 0.6 is 0 Å². The van der Waals surface area contributed by atoms with E-state index in [4.69, 9.17) is 4.74 Å². The summed E-state index contributed by atoms with van der Waals surface area (Å²) in [5, 5.41) is 2.51. The Morgan fingerprint density at radius 1 is 1.11 bits per heavy atom. The van der Waals surface area contributed by atoms with E-state index >= 15 is 0 Å². The molecule has 7 nitrogen and oxygen atoms in total. The second-order valence-electron chi connectivity index (χ2n) is 8.26. The van der Waals surface area contributed by atoms with E-state index in [1.54, 1.807) is 19.9 Å². The number of hydroxylamine groups is 1. The molecule has 1 aromatic carbocycles. The van der Waals surface area contributed by atoms with Gasteiger partial charge in [0.05, 0.1) is 5.56 Å². The largest absolute Gasteiger partial charge is 0.456 e. The molecule has 1 atom stereocenters. The molecule has 0 spiro atoms. The van der Waals surface area contributed by atoms with Gasteiger partial charge in [-0.25, -0.2) is 9.59 Å². The van der Waals surface area contributed by atoms with Crippen LogP contribution < -0.4 is 10.8 Å². The normalized spacial score (nSPS) is 12.2. The third-order valence-electron chi connectivity index (χ3n) is 3.67. The highest BCUT2D eigenvalue weighted by Gasteiger charge is 2.18. The monoisotopic (exact) mass is 392 g/mol. The number of amides is 2. The highest BCUT2D eigenvalue weighted by molar-refractivity contribution is 5.89. The maximum Gasteiger partial charge on any atom is 0.431 e. The molecule has 0 aliphatic carbocycles. The molecule has 2 N–H and O–H groups in total. The fraction of sp³-hybridized carbons (Fsp3) is 0.571. The molecule has 0 fully saturated rings. The number of nitrogens with one attached hydrogen (secondary N) is 2. The number of rotatable bonds is 7. The molecular formula is C21H32N2O5. The molecule has 0 aliphatic heterocycles. The van der Waals surface area contributed by atoms with Crippen molar-refractivity contribution in [3.8, 4) is 0 Å². The van der Waals surface area contributed by atoms with E-state index in [9.17, 15) is 14.4 Å². The third-order valence-corrected chi connectivity index (χ3v) is 3.67. The molecule has 1 aromatic rings. The maximum absolute atomic E-state index is 12.2. The number of carbonyl (C=O) groups is 3. The smallest absolute Gasteiger partial charge is 0.431 e. The van der Waals surface area contributed by atoms with E-state index in [-0.39, 0.29) is 30.3 Å². The summed E-state index contributed by atoms with van der Waals surface area (Å²) in [4.78, 5) is 39.9. The molecule has 156 valence electrons. The van der Waals surface area contributed by atoms with Gasteiger partial charge in [-0.05, 0) is 71.1 Å². The van der Waals surface area contributed by atoms with Gasteiger partial charge in [0.15, 0.2) is 0 Å². The molecule has 28 heavy (non-hydrogen) atoms. The first-order valence-corrected chi connectivity index (χ1v) is 9.54. The molecular weight excluding hydrogens is 360 g/mol. The van der Waals surface area contributed by atoms with Crippen molar-refractivity contribution in [3.63, 3.8) is 0 Å². The van der Waals surface area contributed by atoms with Crippen molar-refractivity contribution in [2.75, 3.05) is 0 Å². The molecule has 0 heterocycles. The van der Waals surface area contributed by atoms with Crippen molar-refractivity contribution in [1.29, 1.82) is 0 Å². The zero-order valence-corrected chi connectivity index (χ0v) is 17.6. The zero-order chi connectivity index (χ0) is 21.3. The summed E-state index contributed by atoms with van der Waals surface area (Å²) in [6, 6.07) is 7.26. The summed E-state index contributed by atoms with van der Waals surface area (Å²) < 4.78 is 5.39. The minimum atomic E-state index is -0.685. The van der Waals surface area contributed by atoms with Crippen LogP contribution in [0.15, 0.2) is 24.3 Å². The Morgan fingerprint density at radius 2 is 1.79 bits per heavy atom. The maximum atomic E-state index is 12.2. The highest BCUT2D eigenvalue weighted by atomic mass is 16.7. The fourth-order valence-corrected chi connectivity index (χ4v) is 2.46. The van der Waals surface area contributed by atoms with Crippen molar-refractivity contribution in [2.45, 2.75) is 72.4 Å². The van der Waals surface area contributed by atoms with E-state index in [2.05, 4.69) is 15.6 Å². The predicted octanol–water partition coefficient (Wildman–Crippen LogP) is 3.77. The lowest BCUT2D eigenvalue weighted by Gasteiger charge is -2.19. The molecule has 7 heteroatoms. The van der Waals surface area contributed by atoms with Gasteiger partial charge in [0.25, 0.3) is 5.91 Å². The standard InChI is InChI=1S/C21H32N2O5/c1-14(2)22-20(26)28-23-18(24)11-10-15(3)12-16-8-7-9-17(13-16)19(25)27-21(4,5)6/h7-9,13-15H,10-12H2,1-6H3,(H,22,26)(H,23,24). The van der Waals surface area contributed by atoms with Crippen LogP contribution in [0.5, 0.6) is 0 Å². The molecule has 2 amide bonds. The van der Waals surface area contributed by atoms with Crippen LogP contribution in [0.3, 0.4) is 0 Å². The Balaban J connectivity index is 2.45. The summed E-state index contributed by atoms with van der Waals surface area (Å²) in [6.45, 7) is 11.1. The number of hydrogen-bond donors (Lipinski definition) is 2. The second kappa shape index (κ2) is 10.7. The summed E-state index contributed by atoms with van der Waals surface area (Å²) in [7, 11) is 0. The Kier molecular flexibility index (Phi) is 8.96. The van der Waals surface area contributed by atoms with Crippen molar-refractivity contribution in [2.24, 2.45) is 5.92 Å². The highest BCUT2D eigenvalue weighted by Crippen LogP contribution is 2.17. The zero-order valence-electron chi connectivity index (χ0n) is 17.6. The average Bonchev–Trinajstić information content (AvgIpc) is 2.56. The Labute approximate surface area is 167 Å². The first kappa shape index (κ1) is 23.5. The van der Waals surface area contributed by atoms with Gasteiger partial charge in [-0.15, -0.1) is 0 Å². The minimum absolute atomic E-state index is 0.0686. The SMILES string of the molecule is CC(CCC(=O)NOC(=O)NC(C)C)Cc1cccc(C(=O)OC(C)(C)C)c1. The first-order valence-electron chi connectivity index (χ1n) is 9.54. The van der Waals surface area contributed by atoms with Crippen LogP contribution in [0.2, 0.25) is 0 Å². The van der Waals surface area contributed by atoms with Gasteiger partial charge < -0.3 is 14.9 Å².